The number of ether oxygens (including phenoxy) is 1. The van der Waals surface area contributed by atoms with Gasteiger partial charge in [0, 0.05) is 5.38 Å². The van der Waals surface area contributed by atoms with Gasteiger partial charge in [0.15, 0.2) is 0 Å². The van der Waals surface area contributed by atoms with Crippen LogP contribution in [0.4, 0.5) is 20.6 Å². The standard InChI is InChI=1S/C18H15ClFN5O3S/c19-13-2-1-3-14(20)16(13)24-18(27)23-10-5-21-25(6-10)12-4-15(29-9-12)17(26)22-11-7-28-8-11/h1-6,9,11H,7-8H2,(H,22,26)(H2,23,24,27). The van der Waals surface area contributed by atoms with Gasteiger partial charge in [-0.2, -0.15) is 5.10 Å². The Bertz CT molecular complexity index is 1050. The van der Waals surface area contributed by atoms with Gasteiger partial charge in [-0.25, -0.2) is 13.9 Å². The molecule has 1 aliphatic rings. The second-order valence-corrected chi connectivity index (χ2v) is 7.54. The maximum absolute atomic E-state index is 13.8. The van der Waals surface area contributed by atoms with Crippen LogP contribution in [0.3, 0.4) is 0 Å². The number of thiophene rings is 1. The quantitative estimate of drug-likeness (QED) is 0.571. The molecule has 0 saturated carbocycles. The van der Waals surface area contributed by atoms with E-state index >= 15 is 0 Å². The fourth-order valence-corrected chi connectivity index (χ4v) is 3.55. The molecule has 3 N–H and O–H groups in total. The molecule has 0 bridgehead atoms. The highest BCUT2D eigenvalue weighted by Crippen LogP contribution is 2.25. The zero-order valence-electron chi connectivity index (χ0n) is 14.8. The summed E-state index contributed by atoms with van der Waals surface area (Å²) in [6, 6.07) is 5.21. The highest BCUT2D eigenvalue weighted by atomic mass is 35.5. The van der Waals surface area contributed by atoms with Gasteiger partial charge in [-0.05, 0) is 18.2 Å². The Kier molecular flexibility index (Phi) is 5.47. The summed E-state index contributed by atoms with van der Waals surface area (Å²) in [7, 11) is 0. The van der Waals surface area contributed by atoms with Crippen LogP contribution in [-0.4, -0.2) is 41.0 Å². The minimum absolute atomic E-state index is 0.0509. The fourth-order valence-electron chi connectivity index (χ4n) is 2.56. The van der Waals surface area contributed by atoms with E-state index in [1.165, 1.54) is 40.4 Å². The number of para-hydroxylation sites is 1. The van der Waals surface area contributed by atoms with Gasteiger partial charge in [-0.3, -0.25) is 4.79 Å². The molecule has 1 fully saturated rings. The molecule has 2 aromatic heterocycles. The highest BCUT2D eigenvalue weighted by Gasteiger charge is 2.22. The minimum Gasteiger partial charge on any atom is -0.377 e. The average molecular weight is 436 g/mol. The summed E-state index contributed by atoms with van der Waals surface area (Å²) in [6.07, 6.45) is 3.01. The number of hydrogen-bond acceptors (Lipinski definition) is 5. The molecule has 11 heteroatoms. The Morgan fingerprint density at radius 3 is 2.86 bits per heavy atom. The molecule has 0 unspecified atom stereocenters. The second kappa shape index (κ2) is 8.19. The number of carbonyl (C=O) groups excluding carboxylic acids is 2. The number of amides is 3. The molecule has 0 radical (unpaired) electrons. The number of urea groups is 1. The monoisotopic (exact) mass is 435 g/mol. The van der Waals surface area contributed by atoms with Gasteiger partial charge < -0.3 is 20.7 Å². The smallest absolute Gasteiger partial charge is 0.323 e. The van der Waals surface area contributed by atoms with Gasteiger partial charge in [-0.1, -0.05) is 17.7 Å². The maximum atomic E-state index is 13.8. The zero-order chi connectivity index (χ0) is 20.4. The van der Waals surface area contributed by atoms with Crippen molar-refractivity contribution in [2.75, 3.05) is 23.8 Å². The predicted molar refractivity (Wildman–Crippen MR) is 108 cm³/mol. The molecule has 150 valence electrons. The van der Waals surface area contributed by atoms with E-state index in [1.807, 2.05) is 0 Å². The van der Waals surface area contributed by atoms with Gasteiger partial charge in [0.2, 0.25) is 0 Å². The Hall–Kier alpha value is -2.95. The molecule has 4 rings (SSSR count). The Morgan fingerprint density at radius 1 is 1.31 bits per heavy atom. The molecule has 29 heavy (non-hydrogen) atoms. The number of hydrogen-bond donors (Lipinski definition) is 3. The first-order chi connectivity index (χ1) is 14.0. The van der Waals surface area contributed by atoms with Crippen LogP contribution in [0.1, 0.15) is 9.67 Å². The van der Waals surface area contributed by atoms with Crippen molar-refractivity contribution in [2.45, 2.75) is 6.04 Å². The highest BCUT2D eigenvalue weighted by molar-refractivity contribution is 7.12. The molecule has 3 aromatic rings. The van der Waals surface area contributed by atoms with Crippen molar-refractivity contribution in [3.05, 3.63) is 57.8 Å². The van der Waals surface area contributed by atoms with Crippen molar-refractivity contribution in [1.29, 1.82) is 0 Å². The summed E-state index contributed by atoms with van der Waals surface area (Å²) in [5.74, 6) is -0.804. The molecule has 0 atom stereocenters. The third kappa shape index (κ3) is 4.39. The molecule has 0 aliphatic carbocycles. The van der Waals surface area contributed by atoms with Crippen molar-refractivity contribution in [1.82, 2.24) is 15.1 Å². The van der Waals surface area contributed by atoms with Crippen molar-refractivity contribution in [3.63, 3.8) is 0 Å². The normalized spacial score (nSPS) is 13.6. The second-order valence-electron chi connectivity index (χ2n) is 6.23. The molecule has 3 heterocycles. The summed E-state index contributed by atoms with van der Waals surface area (Å²) >= 11 is 7.18. The van der Waals surface area contributed by atoms with Crippen LogP contribution in [0.25, 0.3) is 5.69 Å². The first-order valence-electron chi connectivity index (χ1n) is 8.54. The van der Waals surface area contributed by atoms with Crippen molar-refractivity contribution in [2.24, 2.45) is 0 Å². The lowest BCUT2D eigenvalue weighted by Gasteiger charge is -2.26. The van der Waals surface area contributed by atoms with Gasteiger partial charge in [0.05, 0.1) is 58.6 Å². The summed E-state index contributed by atoms with van der Waals surface area (Å²) < 4.78 is 20.3. The van der Waals surface area contributed by atoms with Gasteiger partial charge in [0.1, 0.15) is 5.82 Å². The number of nitrogens with zero attached hydrogens (tertiary/aromatic N) is 2. The van der Waals surface area contributed by atoms with E-state index in [2.05, 4.69) is 21.0 Å². The Balaban J connectivity index is 1.39. The van der Waals surface area contributed by atoms with Gasteiger partial charge in [0.25, 0.3) is 5.91 Å². The summed E-state index contributed by atoms with van der Waals surface area (Å²) in [4.78, 5) is 24.8. The van der Waals surface area contributed by atoms with Crippen LogP contribution < -0.4 is 16.0 Å². The van der Waals surface area contributed by atoms with Crippen LogP contribution in [0, 0.1) is 5.82 Å². The number of aromatic nitrogens is 2. The molecular formula is C18H15ClFN5O3S. The third-order valence-electron chi connectivity index (χ3n) is 4.09. The first-order valence-corrected chi connectivity index (χ1v) is 9.79. The van der Waals surface area contributed by atoms with Crippen LogP contribution in [0.2, 0.25) is 5.02 Å². The molecule has 1 aliphatic heterocycles. The molecule has 1 saturated heterocycles. The lowest BCUT2D eigenvalue weighted by atomic mass is 10.2. The van der Waals surface area contributed by atoms with Crippen LogP contribution in [0.15, 0.2) is 42.0 Å². The van der Waals surface area contributed by atoms with E-state index in [-0.39, 0.29) is 22.7 Å². The average Bonchev–Trinajstić information content (AvgIpc) is 3.30. The summed E-state index contributed by atoms with van der Waals surface area (Å²) in [5, 5.41) is 13.8. The maximum Gasteiger partial charge on any atom is 0.323 e. The molecule has 3 amide bonds. The van der Waals surface area contributed by atoms with Gasteiger partial charge in [-0.15, -0.1) is 11.3 Å². The van der Waals surface area contributed by atoms with Gasteiger partial charge >= 0.3 is 6.03 Å². The lowest BCUT2D eigenvalue weighted by molar-refractivity contribution is -0.00338. The van der Waals surface area contributed by atoms with E-state index in [1.54, 1.807) is 17.6 Å². The van der Waals surface area contributed by atoms with Crippen LogP contribution in [0.5, 0.6) is 0 Å². The van der Waals surface area contributed by atoms with Crippen molar-refractivity contribution < 1.29 is 18.7 Å². The van der Waals surface area contributed by atoms with E-state index in [9.17, 15) is 14.0 Å². The lowest BCUT2D eigenvalue weighted by Crippen LogP contribution is -2.48. The first kappa shape index (κ1) is 19.4. The summed E-state index contributed by atoms with van der Waals surface area (Å²) in [5.41, 5.74) is 0.957. The SMILES string of the molecule is O=C(Nc1cnn(-c2csc(C(=O)NC3COC3)c2)c1)Nc1c(F)cccc1Cl. The van der Waals surface area contributed by atoms with E-state index in [0.29, 0.717) is 29.5 Å². The fraction of sp³-hybridized carbons (Fsp3) is 0.167. The number of nitrogens with one attached hydrogen (secondary N) is 3. The molecule has 8 nitrogen and oxygen atoms in total. The number of anilines is 2. The largest absolute Gasteiger partial charge is 0.377 e. The molecular weight excluding hydrogens is 421 g/mol. The Labute approximate surface area is 173 Å². The number of carbonyl (C=O) groups is 2. The number of benzene rings is 1. The predicted octanol–water partition coefficient (Wildman–Crippen LogP) is 3.50. The van der Waals surface area contributed by atoms with Crippen LogP contribution >= 0.6 is 22.9 Å². The minimum atomic E-state index is -0.662. The summed E-state index contributed by atoms with van der Waals surface area (Å²) in [6.45, 7) is 1.05. The zero-order valence-corrected chi connectivity index (χ0v) is 16.4. The van der Waals surface area contributed by atoms with Crippen molar-refractivity contribution >= 4 is 46.3 Å². The van der Waals surface area contributed by atoms with E-state index < -0.39 is 11.8 Å². The number of rotatable bonds is 5. The molecule has 1 aromatic carbocycles. The van der Waals surface area contributed by atoms with Crippen molar-refractivity contribution in [3.8, 4) is 5.69 Å². The molecule has 0 spiro atoms. The Morgan fingerprint density at radius 2 is 2.14 bits per heavy atom. The number of halogens is 2. The van der Waals surface area contributed by atoms with Crippen LogP contribution in [-0.2, 0) is 4.74 Å². The topological polar surface area (TPSA) is 97.3 Å². The van der Waals surface area contributed by atoms with E-state index in [4.69, 9.17) is 16.3 Å². The van der Waals surface area contributed by atoms with E-state index in [0.717, 1.165) is 0 Å². The third-order valence-corrected chi connectivity index (χ3v) is 5.32.